The van der Waals surface area contributed by atoms with Gasteiger partial charge in [0.1, 0.15) is 5.82 Å². The van der Waals surface area contributed by atoms with E-state index in [0.29, 0.717) is 5.69 Å². The summed E-state index contributed by atoms with van der Waals surface area (Å²) >= 11 is 3.25. The minimum atomic E-state index is -0.902. The number of anilines is 1. The van der Waals surface area contributed by atoms with E-state index in [0.717, 1.165) is 4.47 Å². The lowest BCUT2D eigenvalue weighted by atomic mass is 10.2. The van der Waals surface area contributed by atoms with Crippen molar-refractivity contribution in [1.29, 1.82) is 0 Å². The number of hydrogen-bond donors (Lipinski definition) is 1. The number of carbonyl (C=O) groups excluding carboxylic acids is 1. The second-order valence-electron chi connectivity index (χ2n) is 3.91. The van der Waals surface area contributed by atoms with Gasteiger partial charge in [0.2, 0.25) is 0 Å². The van der Waals surface area contributed by atoms with Crippen LogP contribution in [0.1, 0.15) is 6.42 Å². The Morgan fingerprint density at radius 1 is 1.61 bits per heavy atom. The first-order valence-electron chi connectivity index (χ1n) is 5.35. The largest absolute Gasteiger partial charge is 0.469 e. The van der Waals surface area contributed by atoms with E-state index >= 15 is 0 Å². The molecule has 1 N–H and O–H groups in total. The number of esters is 1. The van der Waals surface area contributed by atoms with Crippen molar-refractivity contribution in [2.45, 2.75) is 12.5 Å². The monoisotopic (exact) mass is 319 g/mol. The molecule has 0 spiro atoms. The maximum absolute atomic E-state index is 13.6. The Morgan fingerprint density at radius 2 is 2.28 bits per heavy atom. The van der Waals surface area contributed by atoms with Crippen molar-refractivity contribution < 1.29 is 19.0 Å². The molecule has 18 heavy (non-hydrogen) atoms. The molecule has 1 rings (SSSR count). The standard InChI is InChI=1S/C12H15BrFNO3/c1-15(7-9(16)6-12(17)18-2)11-5-8(13)3-4-10(11)14/h3-5,9,16H,6-7H2,1-2H3. The summed E-state index contributed by atoms with van der Waals surface area (Å²) < 4.78 is 18.8. The molecule has 0 aliphatic carbocycles. The number of nitrogens with zero attached hydrogens (tertiary/aromatic N) is 1. The van der Waals surface area contributed by atoms with Gasteiger partial charge in [0.05, 0.1) is 25.3 Å². The summed E-state index contributed by atoms with van der Waals surface area (Å²) in [6.45, 7) is 0.141. The Hall–Kier alpha value is -1.14. The Bertz CT molecular complexity index is 428. The second-order valence-corrected chi connectivity index (χ2v) is 4.83. The summed E-state index contributed by atoms with van der Waals surface area (Å²) in [5.41, 5.74) is 0.355. The van der Waals surface area contributed by atoms with Gasteiger partial charge in [0.25, 0.3) is 0 Å². The third-order valence-corrected chi connectivity index (χ3v) is 2.93. The van der Waals surface area contributed by atoms with Gasteiger partial charge in [-0.25, -0.2) is 4.39 Å². The first kappa shape index (κ1) is 14.9. The van der Waals surface area contributed by atoms with E-state index in [4.69, 9.17) is 0 Å². The van der Waals surface area contributed by atoms with Gasteiger partial charge in [-0.05, 0) is 18.2 Å². The number of likely N-dealkylation sites (N-methyl/N-ethyl adjacent to an activating group) is 1. The maximum Gasteiger partial charge on any atom is 0.308 e. The zero-order valence-electron chi connectivity index (χ0n) is 10.2. The minimum absolute atomic E-state index is 0.115. The molecule has 0 heterocycles. The fourth-order valence-corrected chi connectivity index (χ4v) is 1.88. The molecule has 0 aromatic heterocycles. The lowest BCUT2D eigenvalue weighted by Crippen LogP contribution is -2.31. The van der Waals surface area contributed by atoms with Crippen LogP contribution < -0.4 is 4.90 Å². The molecule has 0 aliphatic heterocycles. The van der Waals surface area contributed by atoms with Crippen LogP contribution in [-0.2, 0) is 9.53 Å². The molecule has 1 unspecified atom stereocenters. The summed E-state index contributed by atoms with van der Waals surface area (Å²) in [4.78, 5) is 12.5. The van der Waals surface area contributed by atoms with E-state index in [1.165, 1.54) is 13.2 Å². The van der Waals surface area contributed by atoms with Crippen molar-refractivity contribution in [2.24, 2.45) is 0 Å². The average molecular weight is 320 g/mol. The van der Waals surface area contributed by atoms with Gasteiger partial charge in [-0.2, -0.15) is 0 Å². The van der Waals surface area contributed by atoms with E-state index < -0.39 is 12.1 Å². The van der Waals surface area contributed by atoms with Gasteiger partial charge in [-0.3, -0.25) is 4.79 Å². The molecule has 0 saturated carbocycles. The topological polar surface area (TPSA) is 49.8 Å². The molecular formula is C12H15BrFNO3. The van der Waals surface area contributed by atoms with E-state index in [-0.39, 0.29) is 18.8 Å². The Balaban J connectivity index is 2.67. The molecular weight excluding hydrogens is 305 g/mol. The van der Waals surface area contributed by atoms with Gasteiger partial charge in [0, 0.05) is 18.1 Å². The zero-order valence-corrected chi connectivity index (χ0v) is 11.8. The quantitative estimate of drug-likeness (QED) is 0.843. The molecule has 1 aromatic rings. The number of methoxy groups -OCH3 is 1. The maximum atomic E-state index is 13.6. The highest BCUT2D eigenvalue weighted by Crippen LogP contribution is 2.23. The first-order chi connectivity index (χ1) is 8.43. The fraction of sp³-hybridized carbons (Fsp3) is 0.417. The van der Waals surface area contributed by atoms with Gasteiger partial charge >= 0.3 is 5.97 Å². The van der Waals surface area contributed by atoms with Gasteiger partial charge < -0.3 is 14.7 Å². The second kappa shape index (κ2) is 6.70. The first-order valence-corrected chi connectivity index (χ1v) is 6.14. The van der Waals surface area contributed by atoms with Crippen LogP contribution >= 0.6 is 15.9 Å². The predicted molar refractivity (Wildman–Crippen MR) is 70.0 cm³/mol. The number of ether oxygens (including phenoxy) is 1. The Morgan fingerprint density at radius 3 is 2.89 bits per heavy atom. The Labute approximate surface area is 113 Å². The van der Waals surface area contributed by atoms with E-state index in [2.05, 4.69) is 20.7 Å². The number of rotatable bonds is 5. The van der Waals surface area contributed by atoms with Crippen LogP contribution in [0.5, 0.6) is 0 Å². The van der Waals surface area contributed by atoms with Crippen molar-refractivity contribution in [3.63, 3.8) is 0 Å². The molecule has 0 radical (unpaired) electrons. The highest BCUT2D eigenvalue weighted by molar-refractivity contribution is 9.10. The van der Waals surface area contributed by atoms with E-state index in [1.807, 2.05) is 0 Å². The van der Waals surface area contributed by atoms with Crippen LogP contribution in [-0.4, -0.2) is 37.9 Å². The summed E-state index contributed by atoms with van der Waals surface area (Å²) in [6, 6.07) is 4.54. The molecule has 0 aliphatic rings. The van der Waals surface area contributed by atoms with Crippen molar-refractivity contribution >= 4 is 27.6 Å². The lowest BCUT2D eigenvalue weighted by Gasteiger charge is -2.22. The molecule has 1 atom stereocenters. The van der Waals surface area contributed by atoms with Crippen molar-refractivity contribution in [3.05, 3.63) is 28.5 Å². The van der Waals surface area contributed by atoms with E-state index in [9.17, 15) is 14.3 Å². The molecule has 6 heteroatoms. The third kappa shape index (κ3) is 4.27. The van der Waals surface area contributed by atoms with Crippen LogP contribution in [0.4, 0.5) is 10.1 Å². The smallest absolute Gasteiger partial charge is 0.308 e. The van der Waals surface area contributed by atoms with Crippen LogP contribution in [0.3, 0.4) is 0 Å². The molecule has 0 saturated heterocycles. The molecule has 0 amide bonds. The van der Waals surface area contributed by atoms with Crippen LogP contribution in [0.2, 0.25) is 0 Å². The molecule has 4 nitrogen and oxygen atoms in total. The highest BCUT2D eigenvalue weighted by atomic mass is 79.9. The summed E-state index contributed by atoms with van der Waals surface area (Å²) in [5.74, 6) is -0.878. The average Bonchev–Trinajstić information content (AvgIpc) is 2.31. The van der Waals surface area contributed by atoms with Gasteiger partial charge in [-0.1, -0.05) is 15.9 Å². The van der Waals surface area contributed by atoms with Crippen LogP contribution in [0.15, 0.2) is 22.7 Å². The summed E-state index contributed by atoms with van der Waals surface area (Å²) in [7, 11) is 2.90. The summed E-state index contributed by atoms with van der Waals surface area (Å²) in [6.07, 6.45) is -1.02. The number of aliphatic hydroxyl groups excluding tert-OH is 1. The van der Waals surface area contributed by atoms with Gasteiger partial charge in [-0.15, -0.1) is 0 Å². The Kier molecular flexibility index (Phi) is 5.55. The number of halogens is 2. The van der Waals surface area contributed by atoms with Crippen LogP contribution in [0, 0.1) is 5.82 Å². The fourth-order valence-electron chi connectivity index (χ4n) is 1.53. The van der Waals surface area contributed by atoms with Crippen molar-refractivity contribution in [2.75, 3.05) is 25.6 Å². The molecule has 100 valence electrons. The number of aliphatic hydroxyl groups is 1. The number of hydrogen-bond acceptors (Lipinski definition) is 4. The summed E-state index contributed by atoms with van der Waals surface area (Å²) in [5, 5.41) is 9.67. The lowest BCUT2D eigenvalue weighted by molar-refractivity contribution is -0.142. The van der Waals surface area contributed by atoms with Crippen LogP contribution in [0.25, 0.3) is 0 Å². The van der Waals surface area contributed by atoms with Gasteiger partial charge in [0.15, 0.2) is 0 Å². The molecule has 1 aromatic carbocycles. The normalized spacial score (nSPS) is 12.1. The molecule has 0 bridgehead atoms. The number of carbonyl (C=O) groups is 1. The number of benzene rings is 1. The van der Waals surface area contributed by atoms with Crippen molar-refractivity contribution in [1.82, 2.24) is 0 Å². The van der Waals surface area contributed by atoms with E-state index in [1.54, 1.807) is 24.1 Å². The highest BCUT2D eigenvalue weighted by Gasteiger charge is 2.15. The third-order valence-electron chi connectivity index (χ3n) is 2.43. The zero-order chi connectivity index (χ0) is 13.7. The van der Waals surface area contributed by atoms with Crippen molar-refractivity contribution in [3.8, 4) is 0 Å². The molecule has 0 fully saturated rings. The predicted octanol–water partition coefficient (Wildman–Crippen LogP) is 1.95. The minimum Gasteiger partial charge on any atom is -0.469 e. The SMILES string of the molecule is COC(=O)CC(O)CN(C)c1cc(Br)ccc1F.